The van der Waals surface area contributed by atoms with E-state index in [1.165, 1.54) is 4.90 Å². The molecule has 0 bridgehead atoms. The first kappa shape index (κ1) is 13.8. The Morgan fingerprint density at radius 1 is 1.53 bits per heavy atom. The number of thiocarbonyl (C=S) groups is 1. The van der Waals surface area contributed by atoms with E-state index in [9.17, 15) is 4.79 Å². The molecular weight excluding hydrogens is 212 g/mol. The van der Waals surface area contributed by atoms with Gasteiger partial charge in [-0.2, -0.15) is 5.26 Å². The summed E-state index contributed by atoms with van der Waals surface area (Å²) in [5.41, 5.74) is -0.517. The van der Waals surface area contributed by atoms with Crippen LogP contribution in [-0.4, -0.2) is 28.0 Å². The zero-order chi connectivity index (χ0) is 12.1. The summed E-state index contributed by atoms with van der Waals surface area (Å²) in [6.45, 7) is 7.63. The third-order valence-electron chi connectivity index (χ3n) is 1.45. The van der Waals surface area contributed by atoms with E-state index in [0.29, 0.717) is 11.5 Å². The summed E-state index contributed by atoms with van der Waals surface area (Å²) in [5.74, 6) is -0.402. The predicted octanol–water partition coefficient (Wildman–Crippen LogP) is 1.85. The standard InChI is InChI=1S/C10H16N2O2S/c1-5-12(7-11)8(15)6-9(13)14-10(2,3)4/h5-6H2,1-4H3. The Labute approximate surface area is 95.8 Å². The van der Waals surface area contributed by atoms with E-state index >= 15 is 0 Å². The number of hydrogen-bond donors (Lipinski definition) is 0. The van der Waals surface area contributed by atoms with Gasteiger partial charge in [0.05, 0.1) is 6.42 Å². The highest BCUT2D eigenvalue weighted by Crippen LogP contribution is 2.09. The molecule has 0 saturated carbocycles. The monoisotopic (exact) mass is 228 g/mol. The lowest BCUT2D eigenvalue weighted by Crippen LogP contribution is -2.30. The second-order valence-electron chi connectivity index (χ2n) is 4.00. The lowest BCUT2D eigenvalue weighted by Gasteiger charge is -2.20. The van der Waals surface area contributed by atoms with Crippen molar-refractivity contribution in [3.63, 3.8) is 0 Å². The molecule has 0 aliphatic heterocycles. The van der Waals surface area contributed by atoms with Crippen molar-refractivity contribution in [2.75, 3.05) is 6.54 Å². The summed E-state index contributed by atoms with van der Waals surface area (Å²) < 4.78 is 5.09. The molecule has 0 aromatic heterocycles. The number of carbonyl (C=O) groups excluding carboxylic acids is 1. The zero-order valence-electron chi connectivity index (χ0n) is 9.53. The van der Waals surface area contributed by atoms with E-state index in [0.717, 1.165) is 0 Å². The van der Waals surface area contributed by atoms with Crippen molar-refractivity contribution in [1.29, 1.82) is 5.26 Å². The van der Waals surface area contributed by atoms with Crippen LogP contribution >= 0.6 is 12.2 Å². The van der Waals surface area contributed by atoms with E-state index in [-0.39, 0.29) is 6.42 Å². The van der Waals surface area contributed by atoms with Gasteiger partial charge in [-0.25, -0.2) is 0 Å². The Morgan fingerprint density at radius 2 is 2.07 bits per heavy atom. The average molecular weight is 228 g/mol. The summed E-state index contributed by atoms with van der Waals surface area (Å²) in [7, 11) is 0. The molecule has 0 aromatic carbocycles. The summed E-state index contributed by atoms with van der Waals surface area (Å²) in [6.07, 6.45) is 1.88. The molecule has 15 heavy (non-hydrogen) atoms. The summed E-state index contributed by atoms with van der Waals surface area (Å²) in [4.78, 5) is 13.0. The van der Waals surface area contributed by atoms with Gasteiger partial charge >= 0.3 is 5.97 Å². The van der Waals surface area contributed by atoms with Gasteiger partial charge in [0.15, 0.2) is 6.19 Å². The largest absolute Gasteiger partial charge is 0.460 e. The van der Waals surface area contributed by atoms with Crippen LogP contribution in [0.15, 0.2) is 0 Å². The molecule has 0 aromatic rings. The van der Waals surface area contributed by atoms with Gasteiger partial charge in [0.2, 0.25) is 0 Å². The molecule has 5 heteroatoms. The van der Waals surface area contributed by atoms with Gasteiger partial charge in [-0.3, -0.25) is 9.69 Å². The topological polar surface area (TPSA) is 53.3 Å². The molecule has 0 unspecified atom stereocenters. The number of hydrogen-bond acceptors (Lipinski definition) is 4. The Bertz CT molecular complexity index is 289. The second-order valence-corrected chi connectivity index (χ2v) is 4.47. The first-order valence-electron chi connectivity index (χ1n) is 4.72. The number of nitrogens with zero attached hydrogens (tertiary/aromatic N) is 2. The molecule has 0 amide bonds. The average Bonchev–Trinajstić information content (AvgIpc) is 2.02. The summed E-state index contributed by atoms with van der Waals surface area (Å²) in [6, 6.07) is 0. The maximum absolute atomic E-state index is 11.4. The molecule has 0 spiro atoms. The third kappa shape index (κ3) is 6.02. The van der Waals surface area contributed by atoms with Crippen molar-refractivity contribution in [1.82, 2.24) is 4.90 Å². The minimum absolute atomic E-state index is 0.0198. The van der Waals surface area contributed by atoms with Gasteiger partial charge in [-0.1, -0.05) is 12.2 Å². The first-order chi connectivity index (χ1) is 6.80. The Kier molecular flexibility index (Phi) is 5.23. The normalized spacial score (nSPS) is 10.3. The van der Waals surface area contributed by atoms with Crippen LogP contribution in [0.1, 0.15) is 34.1 Å². The molecular formula is C10H16N2O2S. The van der Waals surface area contributed by atoms with Crippen LogP contribution in [-0.2, 0) is 9.53 Å². The van der Waals surface area contributed by atoms with Crippen LogP contribution in [0.4, 0.5) is 0 Å². The first-order valence-corrected chi connectivity index (χ1v) is 5.13. The SMILES string of the molecule is CCN(C#N)C(=S)CC(=O)OC(C)(C)C. The predicted molar refractivity (Wildman–Crippen MR) is 61.1 cm³/mol. The van der Waals surface area contributed by atoms with Crippen LogP contribution in [0.3, 0.4) is 0 Å². The van der Waals surface area contributed by atoms with Crippen LogP contribution in [0.25, 0.3) is 0 Å². The van der Waals surface area contributed by atoms with Crippen molar-refractivity contribution in [3.8, 4) is 6.19 Å². The van der Waals surface area contributed by atoms with Crippen LogP contribution < -0.4 is 0 Å². The lowest BCUT2D eigenvalue weighted by molar-refractivity contribution is -0.153. The molecule has 0 radical (unpaired) electrons. The van der Waals surface area contributed by atoms with Crippen LogP contribution in [0.5, 0.6) is 0 Å². The highest BCUT2D eigenvalue weighted by molar-refractivity contribution is 7.80. The Hall–Kier alpha value is -1.15. The van der Waals surface area contributed by atoms with E-state index in [1.54, 1.807) is 27.7 Å². The fourth-order valence-electron chi connectivity index (χ4n) is 0.899. The third-order valence-corrected chi connectivity index (χ3v) is 1.82. The lowest BCUT2D eigenvalue weighted by atomic mass is 10.2. The summed E-state index contributed by atoms with van der Waals surface area (Å²) in [5, 5.41) is 8.68. The molecule has 0 atom stereocenters. The van der Waals surface area contributed by atoms with Crippen molar-refractivity contribution in [2.45, 2.75) is 39.7 Å². The number of esters is 1. The van der Waals surface area contributed by atoms with Crippen molar-refractivity contribution in [3.05, 3.63) is 0 Å². The molecule has 0 heterocycles. The number of carbonyl (C=O) groups is 1. The van der Waals surface area contributed by atoms with Gasteiger partial charge < -0.3 is 4.74 Å². The smallest absolute Gasteiger partial charge is 0.313 e. The fourth-order valence-corrected chi connectivity index (χ4v) is 1.19. The Balaban J connectivity index is 4.20. The number of rotatable bonds is 3. The molecule has 0 rings (SSSR count). The molecule has 84 valence electrons. The van der Waals surface area contributed by atoms with E-state index in [4.69, 9.17) is 22.2 Å². The van der Waals surface area contributed by atoms with Crippen LogP contribution in [0.2, 0.25) is 0 Å². The zero-order valence-corrected chi connectivity index (χ0v) is 10.3. The second kappa shape index (κ2) is 5.66. The minimum atomic E-state index is -0.517. The Morgan fingerprint density at radius 3 is 2.40 bits per heavy atom. The van der Waals surface area contributed by atoms with Crippen molar-refractivity contribution < 1.29 is 9.53 Å². The molecule has 0 fully saturated rings. The molecule has 0 aliphatic carbocycles. The van der Waals surface area contributed by atoms with Gasteiger partial charge in [-0.15, -0.1) is 0 Å². The molecule has 0 aliphatic rings. The van der Waals surface area contributed by atoms with Gasteiger partial charge in [0.25, 0.3) is 0 Å². The van der Waals surface area contributed by atoms with E-state index in [1.807, 2.05) is 6.19 Å². The molecule has 4 nitrogen and oxygen atoms in total. The minimum Gasteiger partial charge on any atom is -0.460 e. The highest BCUT2D eigenvalue weighted by atomic mass is 32.1. The fraction of sp³-hybridized carbons (Fsp3) is 0.700. The summed E-state index contributed by atoms with van der Waals surface area (Å²) >= 11 is 4.94. The maximum Gasteiger partial charge on any atom is 0.313 e. The van der Waals surface area contributed by atoms with Crippen LogP contribution in [0, 0.1) is 11.5 Å². The van der Waals surface area contributed by atoms with Crippen molar-refractivity contribution in [2.24, 2.45) is 0 Å². The van der Waals surface area contributed by atoms with Gasteiger partial charge in [0, 0.05) is 6.54 Å². The maximum atomic E-state index is 11.4. The number of nitriles is 1. The van der Waals surface area contributed by atoms with Gasteiger partial charge in [0.1, 0.15) is 10.6 Å². The van der Waals surface area contributed by atoms with E-state index in [2.05, 4.69) is 0 Å². The van der Waals surface area contributed by atoms with E-state index < -0.39 is 11.6 Å². The molecule has 0 saturated heterocycles. The molecule has 0 N–H and O–H groups in total. The quantitative estimate of drug-likeness (QED) is 0.319. The van der Waals surface area contributed by atoms with Crippen molar-refractivity contribution >= 4 is 23.2 Å². The highest BCUT2D eigenvalue weighted by Gasteiger charge is 2.19. The number of ether oxygens (including phenoxy) is 1. The van der Waals surface area contributed by atoms with Gasteiger partial charge in [-0.05, 0) is 27.7 Å².